The number of nitrogens with two attached hydrogens (primary N) is 1. The van der Waals surface area contributed by atoms with E-state index >= 15 is 0 Å². The fourth-order valence-electron chi connectivity index (χ4n) is 1.67. The maximum Gasteiger partial charge on any atom is 0.297 e. The summed E-state index contributed by atoms with van der Waals surface area (Å²) in [4.78, 5) is 3.73. The molecule has 1 atom stereocenters. The quantitative estimate of drug-likeness (QED) is 0.691. The second-order valence-electron chi connectivity index (χ2n) is 5.33. The van der Waals surface area contributed by atoms with Gasteiger partial charge in [0.15, 0.2) is 4.21 Å². The normalized spacial score (nSPS) is 15.2. The SMILES string of the molecule is Cc1ccc(S(=O)(=O)OC[C@](C)(O)c2ncc(S(N)(=O)=O)s2)cc1. The third-order valence-corrected chi connectivity index (χ3v) is 6.97. The molecule has 1 aromatic carbocycles. The Morgan fingerprint density at radius 1 is 1.25 bits per heavy atom. The van der Waals surface area contributed by atoms with Gasteiger partial charge in [-0.1, -0.05) is 17.7 Å². The number of thiazole rings is 1. The highest BCUT2D eigenvalue weighted by Gasteiger charge is 2.31. The van der Waals surface area contributed by atoms with Crippen molar-refractivity contribution in [2.75, 3.05) is 6.61 Å². The second kappa shape index (κ2) is 6.50. The van der Waals surface area contributed by atoms with Crippen molar-refractivity contribution in [3.8, 4) is 0 Å². The van der Waals surface area contributed by atoms with Gasteiger partial charge in [0, 0.05) is 0 Å². The maximum atomic E-state index is 12.1. The lowest BCUT2D eigenvalue weighted by atomic mass is 10.1. The third kappa shape index (κ3) is 4.37. The van der Waals surface area contributed by atoms with E-state index in [2.05, 4.69) is 4.98 Å². The molecule has 3 N–H and O–H groups in total. The molecule has 0 unspecified atom stereocenters. The number of primary sulfonamides is 1. The number of benzene rings is 1. The molecule has 0 aliphatic rings. The van der Waals surface area contributed by atoms with Crippen molar-refractivity contribution in [1.29, 1.82) is 0 Å². The van der Waals surface area contributed by atoms with Gasteiger partial charge in [0.1, 0.15) is 17.2 Å². The zero-order valence-corrected chi connectivity index (χ0v) is 15.3. The molecular weight excluding hydrogens is 376 g/mol. The minimum Gasteiger partial charge on any atom is -0.380 e. The molecule has 0 saturated carbocycles. The van der Waals surface area contributed by atoms with E-state index in [0.29, 0.717) is 11.3 Å². The Hall–Kier alpha value is -1.37. The van der Waals surface area contributed by atoms with Crippen LogP contribution in [0, 0.1) is 6.92 Å². The molecule has 0 aliphatic heterocycles. The summed E-state index contributed by atoms with van der Waals surface area (Å²) in [6, 6.07) is 6.02. The topological polar surface area (TPSA) is 137 Å². The van der Waals surface area contributed by atoms with Crippen LogP contribution in [0.1, 0.15) is 17.5 Å². The fourth-order valence-corrected chi connectivity index (χ4v) is 4.24. The molecule has 0 radical (unpaired) electrons. The molecule has 0 bridgehead atoms. The molecule has 0 aliphatic carbocycles. The molecule has 24 heavy (non-hydrogen) atoms. The monoisotopic (exact) mass is 392 g/mol. The van der Waals surface area contributed by atoms with E-state index in [4.69, 9.17) is 9.32 Å². The van der Waals surface area contributed by atoms with Gasteiger partial charge in [0.25, 0.3) is 10.1 Å². The molecule has 11 heteroatoms. The summed E-state index contributed by atoms with van der Waals surface area (Å²) in [6.07, 6.45) is 0.998. The molecule has 1 heterocycles. The van der Waals surface area contributed by atoms with E-state index < -0.39 is 32.3 Å². The Bertz CT molecular complexity index is 930. The molecule has 1 aromatic heterocycles. The highest BCUT2D eigenvalue weighted by Crippen LogP contribution is 2.29. The van der Waals surface area contributed by atoms with Crippen LogP contribution in [0.2, 0.25) is 0 Å². The van der Waals surface area contributed by atoms with Crippen molar-refractivity contribution in [1.82, 2.24) is 4.98 Å². The van der Waals surface area contributed by atoms with E-state index in [9.17, 15) is 21.9 Å². The Balaban J connectivity index is 2.17. The van der Waals surface area contributed by atoms with Gasteiger partial charge in [0.2, 0.25) is 10.0 Å². The molecule has 0 spiro atoms. The lowest BCUT2D eigenvalue weighted by Gasteiger charge is -2.20. The lowest BCUT2D eigenvalue weighted by Crippen LogP contribution is -2.29. The summed E-state index contributed by atoms with van der Waals surface area (Å²) < 4.78 is 51.4. The summed E-state index contributed by atoms with van der Waals surface area (Å²) >= 11 is 0.646. The van der Waals surface area contributed by atoms with E-state index in [1.807, 2.05) is 6.92 Å². The first-order chi connectivity index (χ1) is 10.9. The van der Waals surface area contributed by atoms with Crippen molar-refractivity contribution in [3.05, 3.63) is 41.0 Å². The van der Waals surface area contributed by atoms with Crippen LogP contribution < -0.4 is 5.14 Å². The van der Waals surface area contributed by atoms with Gasteiger partial charge in [-0.15, -0.1) is 11.3 Å². The highest BCUT2D eigenvalue weighted by molar-refractivity contribution is 7.91. The number of hydrogen-bond donors (Lipinski definition) is 2. The zero-order valence-electron chi connectivity index (χ0n) is 12.8. The summed E-state index contributed by atoms with van der Waals surface area (Å²) in [5.41, 5.74) is -0.912. The number of rotatable bonds is 6. The number of aromatic nitrogens is 1. The predicted octanol–water partition coefficient (Wildman–Crippen LogP) is 0.712. The van der Waals surface area contributed by atoms with Crippen molar-refractivity contribution in [2.45, 2.75) is 28.6 Å². The van der Waals surface area contributed by atoms with Crippen molar-refractivity contribution in [3.63, 3.8) is 0 Å². The number of hydrogen-bond acceptors (Lipinski definition) is 8. The molecule has 0 amide bonds. The van der Waals surface area contributed by atoms with Crippen molar-refractivity contribution >= 4 is 31.5 Å². The van der Waals surface area contributed by atoms with Crippen LogP contribution in [0.5, 0.6) is 0 Å². The predicted molar refractivity (Wildman–Crippen MR) is 87.4 cm³/mol. The Morgan fingerprint density at radius 2 is 1.83 bits per heavy atom. The number of sulfonamides is 1. The molecule has 2 aromatic rings. The minimum absolute atomic E-state index is 0.0226. The summed E-state index contributed by atoms with van der Waals surface area (Å²) in [5, 5.41) is 15.3. The van der Waals surface area contributed by atoms with E-state index in [1.165, 1.54) is 19.1 Å². The third-order valence-electron chi connectivity index (χ3n) is 3.03. The highest BCUT2D eigenvalue weighted by atomic mass is 32.2. The van der Waals surface area contributed by atoms with Gasteiger partial charge in [-0.05, 0) is 26.0 Å². The lowest BCUT2D eigenvalue weighted by molar-refractivity contribution is 0.00956. The fraction of sp³-hybridized carbons (Fsp3) is 0.308. The van der Waals surface area contributed by atoms with E-state index in [1.54, 1.807) is 12.1 Å². The maximum absolute atomic E-state index is 12.1. The first-order valence-electron chi connectivity index (χ1n) is 6.59. The smallest absolute Gasteiger partial charge is 0.297 e. The van der Waals surface area contributed by atoms with Gasteiger partial charge in [0.05, 0.1) is 11.1 Å². The molecule has 0 saturated heterocycles. The Labute approximate surface area is 144 Å². The van der Waals surface area contributed by atoms with Crippen LogP contribution in [0.3, 0.4) is 0 Å². The molecular formula is C13H16N2O6S3. The van der Waals surface area contributed by atoms with E-state index in [0.717, 1.165) is 11.8 Å². The largest absolute Gasteiger partial charge is 0.380 e. The average molecular weight is 392 g/mol. The molecule has 0 fully saturated rings. The van der Waals surface area contributed by atoms with Gasteiger partial charge in [-0.2, -0.15) is 8.42 Å². The molecule has 8 nitrogen and oxygen atoms in total. The van der Waals surface area contributed by atoms with Gasteiger partial charge >= 0.3 is 0 Å². The molecule has 132 valence electrons. The molecule has 2 rings (SSSR count). The first-order valence-corrected chi connectivity index (χ1v) is 10.4. The van der Waals surface area contributed by atoms with Crippen LogP contribution >= 0.6 is 11.3 Å². The zero-order chi connectivity index (χ0) is 18.2. The number of aryl methyl sites for hydroxylation is 1. The van der Waals surface area contributed by atoms with E-state index in [-0.39, 0.29) is 14.1 Å². The standard InChI is InChI=1S/C13H16N2O6S3/c1-9-3-5-10(6-4-9)24(19,20)21-8-13(2,16)12-15-7-11(22-12)23(14,17)18/h3-7,16H,8H2,1-2H3,(H2,14,17,18)/t13-/m0/s1. The number of aliphatic hydroxyl groups is 1. The van der Waals surface area contributed by atoms with Gasteiger partial charge < -0.3 is 5.11 Å². The average Bonchev–Trinajstić information content (AvgIpc) is 2.97. The summed E-state index contributed by atoms with van der Waals surface area (Å²) in [6.45, 7) is 2.46. The van der Waals surface area contributed by atoms with Crippen LogP contribution in [0.25, 0.3) is 0 Å². The van der Waals surface area contributed by atoms with Crippen LogP contribution in [-0.4, -0.2) is 33.5 Å². The van der Waals surface area contributed by atoms with Gasteiger partial charge in [-0.25, -0.2) is 18.5 Å². The Kier molecular flexibility index (Phi) is 5.14. The Morgan fingerprint density at radius 3 is 2.33 bits per heavy atom. The summed E-state index contributed by atoms with van der Waals surface area (Å²) in [7, 11) is -8.01. The second-order valence-corrected chi connectivity index (χ2v) is 9.77. The van der Waals surface area contributed by atoms with Crippen LogP contribution in [0.15, 0.2) is 39.6 Å². The number of nitrogens with zero attached hydrogens (tertiary/aromatic N) is 1. The minimum atomic E-state index is -4.07. The first kappa shape index (κ1) is 19.0. The van der Waals surface area contributed by atoms with Crippen molar-refractivity contribution in [2.24, 2.45) is 5.14 Å². The van der Waals surface area contributed by atoms with Crippen LogP contribution in [-0.2, 0) is 29.9 Å². The van der Waals surface area contributed by atoms with Gasteiger partial charge in [-0.3, -0.25) is 4.18 Å². The summed E-state index contributed by atoms with van der Waals surface area (Å²) in [5.74, 6) is 0. The van der Waals surface area contributed by atoms with Crippen LogP contribution in [0.4, 0.5) is 0 Å². The van der Waals surface area contributed by atoms with Crippen molar-refractivity contribution < 1.29 is 26.1 Å².